The van der Waals surface area contributed by atoms with Gasteiger partial charge in [-0.25, -0.2) is 0 Å². The highest BCUT2D eigenvalue weighted by atomic mass is 32.1. The predicted molar refractivity (Wildman–Crippen MR) is 114 cm³/mol. The molecule has 0 aliphatic heterocycles. The van der Waals surface area contributed by atoms with Gasteiger partial charge in [0, 0.05) is 0 Å². The van der Waals surface area contributed by atoms with Crippen molar-refractivity contribution in [2.24, 2.45) is 0 Å². The van der Waals surface area contributed by atoms with Gasteiger partial charge in [0.25, 0.3) is 0 Å². The largest absolute Gasteiger partial charge is 0.411 e. The average molecular weight is 381 g/mol. The molecule has 0 unspecified atom stereocenters. The molecule has 1 aromatic heterocycles. The lowest BCUT2D eigenvalue weighted by atomic mass is 9.91. The molecular formula is C21H36O2SSi. The summed E-state index contributed by atoms with van der Waals surface area (Å²) in [6, 6.07) is 5.61. The van der Waals surface area contributed by atoms with E-state index in [1.165, 1.54) is 40.6 Å². The van der Waals surface area contributed by atoms with Gasteiger partial charge in [-0.15, -0.1) is 11.3 Å². The van der Waals surface area contributed by atoms with E-state index in [1.54, 1.807) is 0 Å². The molecule has 142 valence electrons. The third-order valence-electron chi connectivity index (χ3n) is 5.90. The van der Waals surface area contributed by atoms with Crippen molar-refractivity contribution in [3.8, 4) is 0 Å². The van der Waals surface area contributed by atoms with Crippen LogP contribution in [0.4, 0.5) is 0 Å². The van der Waals surface area contributed by atoms with E-state index in [4.69, 9.17) is 4.43 Å². The van der Waals surface area contributed by atoms with Crippen LogP contribution in [0.2, 0.25) is 18.1 Å². The summed E-state index contributed by atoms with van der Waals surface area (Å²) in [5, 5.41) is 2.07. The van der Waals surface area contributed by atoms with Gasteiger partial charge < -0.3 is 4.43 Å². The van der Waals surface area contributed by atoms with Crippen molar-refractivity contribution in [1.29, 1.82) is 0 Å². The summed E-state index contributed by atoms with van der Waals surface area (Å²) in [4.78, 5) is 11.7. The molecule has 0 radical (unpaired) electrons. The topological polar surface area (TPSA) is 26.3 Å². The Kier molecular flexibility index (Phi) is 9.32. The third-order valence-corrected chi connectivity index (χ3v) is 11.5. The molecule has 25 heavy (non-hydrogen) atoms. The SMILES string of the molecule is CCC(CC)(CCC=C(C)c1csc(C=O)c1)O[Si](CC)(CC)CC. The molecule has 0 bridgehead atoms. The molecule has 0 N–H and O–H groups in total. The molecule has 4 heteroatoms. The fourth-order valence-corrected chi connectivity index (χ4v) is 7.53. The van der Waals surface area contributed by atoms with Gasteiger partial charge in [0.1, 0.15) is 0 Å². The Morgan fingerprint density at radius 3 is 2.20 bits per heavy atom. The van der Waals surface area contributed by atoms with Gasteiger partial charge in [0.2, 0.25) is 0 Å². The van der Waals surface area contributed by atoms with Crippen molar-refractivity contribution in [3.63, 3.8) is 0 Å². The summed E-state index contributed by atoms with van der Waals surface area (Å²) in [6.07, 6.45) is 7.52. The number of rotatable bonds is 12. The number of carbonyl (C=O) groups is 1. The Balaban J connectivity index is 2.83. The second-order valence-corrected chi connectivity index (χ2v) is 12.7. The van der Waals surface area contributed by atoms with Crippen LogP contribution in [0.15, 0.2) is 17.5 Å². The highest BCUT2D eigenvalue weighted by molar-refractivity contribution is 7.11. The summed E-state index contributed by atoms with van der Waals surface area (Å²) >= 11 is 1.51. The number of thiophene rings is 1. The van der Waals surface area contributed by atoms with Crippen molar-refractivity contribution < 1.29 is 9.22 Å². The molecule has 2 nitrogen and oxygen atoms in total. The van der Waals surface area contributed by atoms with Gasteiger partial charge in [-0.1, -0.05) is 40.7 Å². The first-order valence-corrected chi connectivity index (χ1v) is 13.3. The molecule has 0 aliphatic rings. The number of hydrogen-bond donors (Lipinski definition) is 0. The Hall–Kier alpha value is -0.713. The Labute approximate surface area is 159 Å². The van der Waals surface area contributed by atoms with Gasteiger partial charge in [0.05, 0.1) is 10.5 Å². The van der Waals surface area contributed by atoms with Crippen LogP contribution in [0.3, 0.4) is 0 Å². The lowest BCUT2D eigenvalue weighted by molar-refractivity contribution is 0.0397. The number of aldehydes is 1. The highest BCUT2D eigenvalue weighted by Gasteiger charge is 2.38. The quantitative estimate of drug-likeness (QED) is 0.280. The first-order chi connectivity index (χ1) is 11.9. The second-order valence-electron chi connectivity index (χ2n) is 7.02. The summed E-state index contributed by atoms with van der Waals surface area (Å²) < 4.78 is 6.95. The van der Waals surface area contributed by atoms with Gasteiger partial charge in [-0.3, -0.25) is 4.79 Å². The van der Waals surface area contributed by atoms with Gasteiger partial charge in [-0.05, 0) is 73.3 Å². The zero-order chi connectivity index (χ0) is 18.9. The maximum Gasteiger partial charge on any atom is 0.192 e. The van der Waals surface area contributed by atoms with E-state index in [2.05, 4.69) is 53.0 Å². The Bertz CT molecular complexity index is 546. The van der Waals surface area contributed by atoms with E-state index >= 15 is 0 Å². The minimum Gasteiger partial charge on any atom is -0.411 e. The van der Waals surface area contributed by atoms with Crippen molar-refractivity contribution in [2.45, 2.75) is 91.0 Å². The number of carbonyl (C=O) groups excluding carboxylic acids is 1. The zero-order valence-corrected chi connectivity index (χ0v) is 18.8. The molecule has 0 atom stereocenters. The van der Waals surface area contributed by atoms with Crippen molar-refractivity contribution in [1.82, 2.24) is 0 Å². The molecular weight excluding hydrogens is 344 g/mol. The van der Waals surface area contributed by atoms with E-state index in [0.717, 1.165) is 36.8 Å². The van der Waals surface area contributed by atoms with Crippen LogP contribution < -0.4 is 0 Å². The van der Waals surface area contributed by atoms with Crippen LogP contribution in [0.25, 0.3) is 5.57 Å². The molecule has 0 saturated carbocycles. The van der Waals surface area contributed by atoms with Crippen LogP contribution in [0.1, 0.15) is 82.5 Å². The minimum atomic E-state index is -1.60. The van der Waals surface area contributed by atoms with Gasteiger partial charge >= 0.3 is 0 Å². The summed E-state index contributed by atoms with van der Waals surface area (Å²) in [7, 11) is -1.60. The zero-order valence-electron chi connectivity index (χ0n) is 17.0. The maximum absolute atomic E-state index is 10.9. The lowest BCUT2D eigenvalue weighted by Gasteiger charge is -2.42. The highest BCUT2D eigenvalue weighted by Crippen LogP contribution is 2.35. The lowest BCUT2D eigenvalue weighted by Crippen LogP contribution is -2.46. The Morgan fingerprint density at radius 1 is 1.16 bits per heavy atom. The van der Waals surface area contributed by atoms with Crippen LogP contribution in [0, 0.1) is 0 Å². The molecule has 0 fully saturated rings. The summed E-state index contributed by atoms with van der Waals surface area (Å²) in [5.74, 6) is 0. The molecule has 0 aliphatic carbocycles. The predicted octanol–water partition coefficient (Wildman–Crippen LogP) is 7.32. The standard InChI is InChI=1S/C21H36O2SSi/c1-7-21(8-2,23-25(9-3,10-4)11-5)14-12-13-18(6)19-15-20(16-22)24-17-19/h13,15-17H,7-12,14H2,1-6H3. The smallest absolute Gasteiger partial charge is 0.192 e. The van der Waals surface area contributed by atoms with Crippen LogP contribution in [0.5, 0.6) is 0 Å². The van der Waals surface area contributed by atoms with E-state index in [9.17, 15) is 4.79 Å². The molecule has 0 aromatic carbocycles. The second kappa shape index (κ2) is 10.4. The monoisotopic (exact) mass is 380 g/mol. The summed E-state index contributed by atoms with van der Waals surface area (Å²) in [6.45, 7) is 13.6. The minimum absolute atomic E-state index is 0.0215. The molecule has 1 aromatic rings. The fourth-order valence-electron chi connectivity index (χ4n) is 3.52. The van der Waals surface area contributed by atoms with Crippen LogP contribution >= 0.6 is 11.3 Å². The molecule has 1 heterocycles. The van der Waals surface area contributed by atoms with E-state index in [1.807, 2.05) is 6.07 Å². The van der Waals surface area contributed by atoms with Crippen molar-refractivity contribution in [2.75, 3.05) is 0 Å². The molecule has 0 spiro atoms. The summed E-state index contributed by atoms with van der Waals surface area (Å²) in [5.41, 5.74) is 2.45. The van der Waals surface area contributed by atoms with Crippen molar-refractivity contribution >= 4 is 31.5 Å². The molecule has 0 amide bonds. The van der Waals surface area contributed by atoms with E-state index < -0.39 is 8.32 Å². The maximum atomic E-state index is 10.9. The average Bonchev–Trinajstić information content (AvgIpc) is 3.14. The molecule has 0 saturated heterocycles. The van der Waals surface area contributed by atoms with E-state index in [0.29, 0.717) is 0 Å². The van der Waals surface area contributed by atoms with Crippen LogP contribution in [-0.4, -0.2) is 20.2 Å². The first kappa shape index (κ1) is 22.3. The van der Waals surface area contributed by atoms with Gasteiger partial charge in [0.15, 0.2) is 14.6 Å². The number of hydrogen-bond acceptors (Lipinski definition) is 3. The number of allylic oxidation sites excluding steroid dienone is 2. The normalized spacial score (nSPS) is 13.3. The molecule has 1 rings (SSSR count). The van der Waals surface area contributed by atoms with Gasteiger partial charge in [-0.2, -0.15) is 0 Å². The third kappa shape index (κ3) is 5.90. The van der Waals surface area contributed by atoms with Crippen LogP contribution in [-0.2, 0) is 4.43 Å². The first-order valence-electron chi connectivity index (χ1n) is 9.84. The van der Waals surface area contributed by atoms with Crippen molar-refractivity contribution in [3.05, 3.63) is 28.0 Å². The fraction of sp³-hybridized carbons (Fsp3) is 0.667. The Morgan fingerprint density at radius 2 is 1.76 bits per heavy atom. The van der Waals surface area contributed by atoms with E-state index in [-0.39, 0.29) is 5.60 Å².